The second kappa shape index (κ2) is 8.44. The molecule has 0 aliphatic carbocycles. The Hall–Kier alpha value is -2.01. The van der Waals surface area contributed by atoms with Gasteiger partial charge in [-0.1, -0.05) is 6.08 Å². The molecule has 0 bridgehead atoms. The third-order valence-electron chi connectivity index (χ3n) is 3.65. The van der Waals surface area contributed by atoms with Gasteiger partial charge in [-0.2, -0.15) is 0 Å². The van der Waals surface area contributed by atoms with E-state index in [4.69, 9.17) is 9.47 Å². The Morgan fingerprint density at radius 3 is 2.91 bits per heavy atom. The van der Waals surface area contributed by atoms with Crippen LogP contribution in [0, 0.1) is 0 Å². The number of carbonyl (C=O) groups is 1. The summed E-state index contributed by atoms with van der Waals surface area (Å²) in [5.41, 5.74) is 1.53. The summed E-state index contributed by atoms with van der Waals surface area (Å²) >= 11 is 0. The van der Waals surface area contributed by atoms with E-state index in [1.165, 1.54) is 0 Å². The molecule has 1 aliphatic rings. The lowest BCUT2D eigenvalue weighted by atomic mass is 10.1. The van der Waals surface area contributed by atoms with Gasteiger partial charge >= 0.3 is 0 Å². The Bertz CT molecular complexity index is 511. The monoisotopic (exact) mass is 304 g/mol. The zero-order valence-corrected chi connectivity index (χ0v) is 13.1. The van der Waals surface area contributed by atoms with Crippen LogP contribution in [0.4, 0.5) is 5.69 Å². The molecule has 1 fully saturated rings. The van der Waals surface area contributed by atoms with Crippen molar-refractivity contribution in [2.75, 3.05) is 45.3 Å². The number of methoxy groups -OCH3 is 1. The van der Waals surface area contributed by atoms with Gasteiger partial charge in [-0.25, -0.2) is 0 Å². The van der Waals surface area contributed by atoms with Gasteiger partial charge in [-0.15, -0.1) is 6.58 Å². The van der Waals surface area contributed by atoms with E-state index in [-0.39, 0.29) is 5.91 Å². The molecule has 2 rings (SSSR count). The van der Waals surface area contributed by atoms with Gasteiger partial charge < -0.3 is 19.7 Å². The van der Waals surface area contributed by atoms with Crippen molar-refractivity contribution in [3.63, 3.8) is 0 Å². The van der Waals surface area contributed by atoms with Gasteiger partial charge in [0.05, 0.1) is 26.0 Å². The average molecular weight is 304 g/mol. The van der Waals surface area contributed by atoms with E-state index in [2.05, 4.69) is 11.9 Å². The van der Waals surface area contributed by atoms with Gasteiger partial charge in [0.15, 0.2) is 0 Å². The molecule has 1 aromatic rings. The third kappa shape index (κ3) is 4.24. The highest BCUT2D eigenvalue weighted by Crippen LogP contribution is 2.26. The van der Waals surface area contributed by atoms with E-state index in [0.29, 0.717) is 31.9 Å². The Kier molecular flexibility index (Phi) is 6.27. The molecule has 0 saturated carbocycles. The van der Waals surface area contributed by atoms with Crippen LogP contribution in [0.15, 0.2) is 30.9 Å². The maximum Gasteiger partial charge on any atom is 0.254 e. The number of nitrogens with one attached hydrogen (secondary N) is 1. The zero-order valence-electron chi connectivity index (χ0n) is 13.1. The van der Waals surface area contributed by atoms with Crippen LogP contribution in [0.25, 0.3) is 0 Å². The number of carbonyl (C=O) groups excluding carboxylic acids is 1. The van der Waals surface area contributed by atoms with Crippen molar-refractivity contribution in [2.24, 2.45) is 0 Å². The molecule has 120 valence electrons. The Balaban J connectivity index is 2.07. The first kappa shape index (κ1) is 16.4. The summed E-state index contributed by atoms with van der Waals surface area (Å²) in [6.45, 7) is 7.04. The van der Waals surface area contributed by atoms with Crippen LogP contribution in [-0.2, 0) is 4.74 Å². The maximum absolute atomic E-state index is 12.5. The quantitative estimate of drug-likeness (QED) is 0.621. The smallest absolute Gasteiger partial charge is 0.254 e. The number of anilines is 1. The molecule has 5 heteroatoms. The van der Waals surface area contributed by atoms with Crippen molar-refractivity contribution in [3.8, 4) is 5.75 Å². The Morgan fingerprint density at radius 2 is 2.23 bits per heavy atom. The number of nitrogens with zero attached hydrogens (tertiary/aromatic N) is 1. The molecule has 1 saturated heterocycles. The van der Waals surface area contributed by atoms with Gasteiger partial charge in [0.25, 0.3) is 5.91 Å². The first-order chi connectivity index (χ1) is 10.8. The third-order valence-corrected chi connectivity index (χ3v) is 3.65. The lowest BCUT2D eigenvalue weighted by molar-refractivity contribution is 0.0303. The molecule has 1 N–H and O–H groups in total. The average Bonchev–Trinajstić information content (AvgIpc) is 2.58. The van der Waals surface area contributed by atoms with Crippen LogP contribution in [0.2, 0.25) is 0 Å². The van der Waals surface area contributed by atoms with Gasteiger partial charge in [-0.3, -0.25) is 4.79 Å². The molecule has 1 heterocycles. The number of hydrogen-bond donors (Lipinski definition) is 1. The van der Waals surface area contributed by atoms with Gasteiger partial charge in [-0.05, 0) is 31.0 Å². The molecule has 0 atom stereocenters. The highest BCUT2D eigenvalue weighted by atomic mass is 16.5. The summed E-state index contributed by atoms with van der Waals surface area (Å²) in [5, 5.41) is 3.33. The molecule has 1 aromatic carbocycles. The SMILES string of the molecule is C=CCCCNc1cc(C(=O)N2CCOCC2)ccc1OC. The Labute approximate surface area is 131 Å². The number of allylic oxidation sites excluding steroid dienone is 1. The summed E-state index contributed by atoms with van der Waals surface area (Å²) in [6, 6.07) is 5.51. The maximum atomic E-state index is 12.5. The van der Waals surface area contributed by atoms with Crippen LogP contribution >= 0.6 is 0 Å². The molecule has 0 aromatic heterocycles. The molecular weight excluding hydrogens is 280 g/mol. The van der Waals surface area contributed by atoms with Crippen LogP contribution < -0.4 is 10.1 Å². The van der Waals surface area contributed by atoms with Crippen LogP contribution in [0.3, 0.4) is 0 Å². The summed E-state index contributed by atoms with van der Waals surface area (Å²) in [4.78, 5) is 14.3. The van der Waals surface area contributed by atoms with Crippen molar-refractivity contribution >= 4 is 11.6 Å². The van der Waals surface area contributed by atoms with Crippen LogP contribution in [-0.4, -0.2) is 50.8 Å². The fraction of sp³-hybridized carbons (Fsp3) is 0.471. The zero-order chi connectivity index (χ0) is 15.8. The molecule has 5 nitrogen and oxygen atoms in total. The van der Waals surface area contributed by atoms with Crippen molar-refractivity contribution in [1.29, 1.82) is 0 Å². The Morgan fingerprint density at radius 1 is 1.45 bits per heavy atom. The molecule has 0 spiro atoms. The highest BCUT2D eigenvalue weighted by molar-refractivity contribution is 5.95. The summed E-state index contributed by atoms with van der Waals surface area (Å²) in [6.07, 6.45) is 3.85. The fourth-order valence-electron chi connectivity index (χ4n) is 2.40. The number of hydrogen-bond acceptors (Lipinski definition) is 4. The molecule has 22 heavy (non-hydrogen) atoms. The van der Waals surface area contributed by atoms with E-state index < -0.39 is 0 Å². The van der Waals surface area contributed by atoms with E-state index in [9.17, 15) is 4.79 Å². The lowest BCUT2D eigenvalue weighted by Gasteiger charge is -2.27. The molecule has 1 aliphatic heterocycles. The fourth-order valence-corrected chi connectivity index (χ4v) is 2.40. The minimum absolute atomic E-state index is 0.0418. The first-order valence-corrected chi connectivity index (χ1v) is 7.66. The number of rotatable bonds is 7. The van der Waals surface area contributed by atoms with Crippen LogP contribution in [0.1, 0.15) is 23.2 Å². The van der Waals surface area contributed by atoms with E-state index in [0.717, 1.165) is 30.8 Å². The highest BCUT2D eigenvalue weighted by Gasteiger charge is 2.19. The van der Waals surface area contributed by atoms with Crippen molar-refractivity contribution in [3.05, 3.63) is 36.4 Å². The van der Waals surface area contributed by atoms with Crippen molar-refractivity contribution in [1.82, 2.24) is 4.90 Å². The normalized spacial score (nSPS) is 14.5. The van der Waals surface area contributed by atoms with E-state index in [1.807, 2.05) is 29.2 Å². The summed E-state index contributed by atoms with van der Waals surface area (Å²) < 4.78 is 10.6. The first-order valence-electron chi connectivity index (χ1n) is 7.66. The number of unbranched alkanes of at least 4 members (excludes halogenated alkanes) is 1. The van der Waals surface area contributed by atoms with Gasteiger partial charge in [0.1, 0.15) is 5.75 Å². The van der Waals surface area contributed by atoms with Crippen LogP contribution in [0.5, 0.6) is 5.75 Å². The standard InChI is InChI=1S/C17H24N2O3/c1-3-4-5-8-18-15-13-14(6-7-16(15)21-2)17(20)19-9-11-22-12-10-19/h3,6-7,13,18H,1,4-5,8-12H2,2H3. The van der Waals surface area contributed by atoms with E-state index >= 15 is 0 Å². The minimum Gasteiger partial charge on any atom is -0.495 e. The van der Waals surface area contributed by atoms with Gasteiger partial charge in [0, 0.05) is 25.2 Å². The van der Waals surface area contributed by atoms with Crippen molar-refractivity contribution in [2.45, 2.75) is 12.8 Å². The molecule has 0 radical (unpaired) electrons. The number of ether oxygens (including phenoxy) is 2. The largest absolute Gasteiger partial charge is 0.495 e. The second-order valence-corrected chi connectivity index (χ2v) is 5.18. The molecule has 0 unspecified atom stereocenters. The summed E-state index contributed by atoms with van der Waals surface area (Å²) in [5.74, 6) is 0.789. The van der Waals surface area contributed by atoms with E-state index in [1.54, 1.807) is 7.11 Å². The predicted octanol–water partition coefficient (Wildman–Crippen LogP) is 2.55. The predicted molar refractivity (Wildman–Crippen MR) is 87.6 cm³/mol. The van der Waals surface area contributed by atoms with Crippen molar-refractivity contribution < 1.29 is 14.3 Å². The van der Waals surface area contributed by atoms with Gasteiger partial charge in [0.2, 0.25) is 0 Å². The number of benzene rings is 1. The summed E-state index contributed by atoms with van der Waals surface area (Å²) in [7, 11) is 1.63. The lowest BCUT2D eigenvalue weighted by Crippen LogP contribution is -2.40. The minimum atomic E-state index is 0.0418. The molecular formula is C17H24N2O3. The second-order valence-electron chi connectivity index (χ2n) is 5.18. The number of amides is 1. The topological polar surface area (TPSA) is 50.8 Å². The number of morpholine rings is 1. The molecule has 1 amide bonds.